The van der Waals surface area contributed by atoms with E-state index in [4.69, 9.17) is 0 Å². The van der Waals surface area contributed by atoms with Crippen molar-refractivity contribution in [1.82, 2.24) is 5.32 Å². The average molecular weight is 343 g/mol. The van der Waals surface area contributed by atoms with E-state index in [1.165, 1.54) is 4.88 Å². The summed E-state index contributed by atoms with van der Waals surface area (Å²) < 4.78 is 39.4. The van der Waals surface area contributed by atoms with Crippen LogP contribution in [0.15, 0.2) is 29.6 Å². The van der Waals surface area contributed by atoms with Gasteiger partial charge in [-0.05, 0) is 42.0 Å². The molecule has 1 aromatic carbocycles. The van der Waals surface area contributed by atoms with Crippen LogP contribution < -0.4 is 5.32 Å². The Hall–Kier alpha value is -1.86. The number of thiophene rings is 1. The van der Waals surface area contributed by atoms with Crippen LogP contribution in [0.1, 0.15) is 29.3 Å². The molecule has 0 fully saturated rings. The maximum atomic E-state index is 13.2. The Labute approximate surface area is 135 Å². The zero-order valence-corrected chi connectivity index (χ0v) is 13.0. The first-order valence-corrected chi connectivity index (χ1v) is 7.96. The molecule has 0 saturated carbocycles. The van der Waals surface area contributed by atoms with E-state index >= 15 is 0 Å². The van der Waals surface area contributed by atoms with E-state index in [9.17, 15) is 23.1 Å². The van der Waals surface area contributed by atoms with Crippen LogP contribution >= 0.6 is 11.3 Å². The van der Waals surface area contributed by atoms with Gasteiger partial charge in [-0.3, -0.25) is 4.79 Å². The third kappa shape index (κ3) is 4.80. The minimum atomic E-state index is -1.58. The second-order valence-corrected chi connectivity index (χ2v) is 6.07. The van der Waals surface area contributed by atoms with Gasteiger partial charge < -0.3 is 10.4 Å². The molecule has 2 aromatic rings. The number of halogens is 3. The van der Waals surface area contributed by atoms with Crippen LogP contribution in [0.25, 0.3) is 0 Å². The number of aliphatic hydroxyl groups is 1. The van der Waals surface area contributed by atoms with E-state index < -0.39 is 30.1 Å². The van der Waals surface area contributed by atoms with Gasteiger partial charge in [0.05, 0.1) is 12.6 Å². The van der Waals surface area contributed by atoms with Crippen LogP contribution in [0.5, 0.6) is 0 Å². The molecular weight excluding hydrogens is 327 g/mol. The summed E-state index contributed by atoms with van der Waals surface area (Å²) >= 11 is 1.60. The summed E-state index contributed by atoms with van der Waals surface area (Å²) in [5.41, 5.74) is -0.0180. The van der Waals surface area contributed by atoms with E-state index in [1.807, 2.05) is 17.5 Å². The Morgan fingerprint density at radius 1 is 1.26 bits per heavy atom. The minimum Gasteiger partial charge on any atom is -0.394 e. The molecule has 7 heteroatoms. The molecule has 124 valence electrons. The minimum absolute atomic E-state index is 0.0180. The molecular formula is C16H16F3NO2S. The van der Waals surface area contributed by atoms with Gasteiger partial charge >= 0.3 is 0 Å². The number of carbonyl (C=O) groups is 1. The third-order valence-corrected chi connectivity index (χ3v) is 4.27. The first-order chi connectivity index (χ1) is 11.0. The van der Waals surface area contributed by atoms with Crippen molar-refractivity contribution in [2.45, 2.75) is 25.3 Å². The van der Waals surface area contributed by atoms with Gasteiger partial charge in [0.2, 0.25) is 5.91 Å². The highest BCUT2D eigenvalue weighted by Gasteiger charge is 2.18. The molecule has 0 aliphatic heterocycles. The first-order valence-electron chi connectivity index (χ1n) is 7.08. The number of aryl methyl sites for hydroxylation is 1. The average Bonchev–Trinajstić information content (AvgIpc) is 3.03. The van der Waals surface area contributed by atoms with Gasteiger partial charge in [0.25, 0.3) is 0 Å². The van der Waals surface area contributed by atoms with Crippen molar-refractivity contribution in [2.75, 3.05) is 6.61 Å². The standard InChI is InChI=1S/C16H16F3NO2S/c17-12-7-10(8-13(18)16(12)19)14(9-21)20-15(22)5-1-3-11-4-2-6-23-11/h2,4,6-8,14,21H,1,3,5,9H2,(H,20,22). The zero-order valence-electron chi connectivity index (χ0n) is 12.2. The van der Waals surface area contributed by atoms with Crippen LogP contribution in [-0.4, -0.2) is 17.6 Å². The lowest BCUT2D eigenvalue weighted by molar-refractivity contribution is -0.122. The van der Waals surface area contributed by atoms with Crippen LogP contribution in [0.4, 0.5) is 13.2 Å². The highest BCUT2D eigenvalue weighted by Crippen LogP contribution is 2.19. The Bertz CT molecular complexity index is 638. The second kappa shape index (κ2) is 8.12. The van der Waals surface area contributed by atoms with E-state index in [0.29, 0.717) is 6.42 Å². The molecule has 0 spiro atoms. The lowest BCUT2D eigenvalue weighted by Crippen LogP contribution is -2.30. The van der Waals surface area contributed by atoms with Crippen molar-refractivity contribution in [1.29, 1.82) is 0 Å². The number of rotatable bonds is 7. The number of carbonyl (C=O) groups excluding carboxylic acids is 1. The molecule has 0 aliphatic rings. The van der Waals surface area contributed by atoms with E-state index in [1.54, 1.807) is 11.3 Å². The summed E-state index contributed by atoms with van der Waals surface area (Å²) in [6, 6.07) is 4.47. The summed E-state index contributed by atoms with van der Waals surface area (Å²) in [5, 5.41) is 13.8. The maximum absolute atomic E-state index is 13.2. The fraction of sp³-hybridized carbons (Fsp3) is 0.312. The summed E-state index contributed by atoms with van der Waals surface area (Å²) in [6.07, 6.45) is 1.60. The zero-order chi connectivity index (χ0) is 16.8. The van der Waals surface area contributed by atoms with Gasteiger partial charge in [0.15, 0.2) is 17.5 Å². The Morgan fingerprint density at radius 2 is 1.96 bits per heavy atom. The SMILES string of the molecule is O=C(CCCc1cccs1)NC(CO)c1cc(F)c(F)c(F)c1. The Balaban J connectivity index is 1.92. The molecule has 1 aromatic heterocycles. The summed E-state index contributed by atoms with van der Waals surface area (Å²) in [7, 11) is 0. The molecule has 0 radical (unpaired) electrons. The lowest BCUT2D eigenvalue weighted by Gasteiger charge is -2.17. The van der Waals surface area contributed by atoms with E-state index in [-0.39, 0.29) is 17.9 Å². The van der Waals surface area contributed by atoms with Gasteiger partial charge in [0.1, 0.15) is 0 Å². The summed E-state index contributed by atoms with van der Waals surface area (Å²) in [6.45, 7) is -0.540. The number of amides is 1. The molecule has 0 saturated heterocycles. The van der Waals surface area contributed by atoms with Crippen molar-refractivity contribution in [2.24, 2.45) is 0 Å². The Kier molecular flexibility index (Phi) is 6.18. The van der Waals surface area contributed by atoms with Crippen LogP contribution in [0, 0.1) is 17.5 Å². The fourth-order valence-corrected chi connectivity index (χ4v) is 2.91. The van der Waals surface area contributed by atoms with Gasteiger partial charge in [-0.25, -0.2) is 13.2 Å². The summed E-state index contributed by atoms with van der Waals surface area (Å²) in [5.74, 6) is -4.63. The lowest BCUT2D eigenvalue weighted by atomic mass is 10.1. The van der Waals surface area contributed by atoms with Crippen LogP contribution in [0.3, 0.4) is 0 Å². The molecule has 1 heterocycles. The first kappa shape index (κ1) is 17.5. The number of hydrogen-bond donors (Lipinski definition) is 2. The molecule has 1 atom stereocenters. The largest absolute Gasteiger partial charge is 0.394 e. The fourth-order valence-electron chi connectivity index (χ4n) is 2.16. The number of hydrogen-bond acceptors (Lipinski definition) is 3. The van der Waals surface area contributed by atoms with Gasteiger partial charge in [-0.15, -0.1) is 11.3 Å². The van der Waals surface area contributed by atoms with Gasteiger partial charge in [-0.1, -0.05) is 6.07 Å². The number of nitrogens with one attached hydrogen (secondary N) is 1. The van der Waals surface area contributed by atoms with Crippen LogP contribution in [0.2, 0.25) is 0 Å². The molecule has 1 amide bonds. The van der Waals surface area contributed by atoms with Crippen molar-refractivity contribution in [3.63, 3.8) is 0 Å². The van der Waals surface area contributed by atoms with Crippen molar-refractivity contribution in [3.8, 4) is 0 Å². The molecule has 0 aliphatic carbocycles. The van der Waals surface area contributed by atoms with Gasteiger partial charge in [0, 0.05) is 11.3 Å². The van der Waals surface area contributed by atoms with Crippen molar-refractivity contribution < 1.29 is 23.1 Å². The molecule has 3 nitrogen and oxygen atoms in total. The maximum Gasteiger partial charge on any atom is 0.220 e. The topological polar surface area (TPSA) is 49.3 Å². The van der Waals surface area contributed by atoms with Gasteiger partial charge in [-0.2, -0.15) is 0 Å². The van der Waals surface area contributed by atoms with Crippen molar-refractivity contribution >= 4 is 17.2 Å². The highest BCUT2D eigenvalue weighted by atomic mass is 32.1. The predicted octanol–water partition coefficient (Wildman–Crippen LogP) is 3.34. The highest BCUT2D eigenvalue weighted by molar-refractivity contribution is 7.09. The molecule has 1 unspecified atom stereocenters. The monoisotopic (exact) mass is 343 g/mol. The third-order valence-electron chi connectivity index (χ3n) is 3.33. The number of aliphatic hydroxyl groups excluding tert-OH is 1. The smallest absolute Gasteiger partial charge is 0.220 e. The quantitative estimate of drug-likeness (QED) is 0.758. The van der Waals surface area contributed by atoms with Crippen LogP contribution in [-0.2, 0) is 11.2 Å². The van der Waals surface area contributed by atoms with E-state index in [2.05, 4.69) is 5.32 Å². The molecule has 0 bridgehead atoms. The second-order valence-electron chi connectivity index (χ2n) is 5.03. The predicted molar refractivity (Wildman–Crippen MR) is 81.5 cm³/mol. The molecule has 2 N–H and O–H groups in total. The van der Waals surface area contributed by atoms with Crippen molar-refractivity contribution in [3.05, 3.63) is 57.5 Å². The number of benzene rings is 1. The van der Waals surface area contributed by atoms with E-state index in [0.717, 1.165) is 18.6 Å². The molecule has 23 heavy (non-hydrogen) atoms. The Morgan fingerprint density at radius 3 is 2.52 bits per heavy atom. The molecule has 2 rings (SSSR count). The summed E-state index contributed by atoms with van der Waals surface area (Å²) in [4.78, 5) is 13.0. The normalized spacial score (nSPS) is 12.2.